The summed E-state index contributed by atoms with van der Waals surface area (Å²) in [6.45, 7) is 3.79. The second-order valence-electron chi connectivity index (χ2n) is 11.5. The number of nitrogens with one attached hydrogen (secondary N) is 1. The van der Waals surface area contributed by atoms with Crippen LogP contribution in [0.2, 0.25) is 0 Å². The van der Waals surface area contributed by atoms with Crippen molar-refractivity contribution in [2.75, 3.05) is 54.0 Å². The average Bonchev–Trinajstić information content (AvgIpc) is 3.58. The van der Waals surface area contributed by atoms with E-state index in [0.717, 1.165) is 55.0 Å². The topological polar surface area (TPSA) is 105 Å². The number of anilines is 1. The van der Waals surface area contributed by atoms with Crippen molar-refractivity contribution in [3.63, 3.8) is 0 Å². The number of benzene rings is 2. The summed E-state index contributed by atoms with van der Waals surface area (Å²) in [5, 5.41) is 3.61. The fraction of sp³-hybridized carbons (Fsp3) is 0.500. The summed E-state index contributed by atoms with van der Waals surface area (Å²) in [5.74, 6) is 1.03. The highest BCUT2D eigenvalue weighted by Gasteiger charge is 2.68. The van der Waals surface area contributed by atoms with Crippen molar-refractivity contribution in [1.82, 2.24) is 4.90 Å². The van der Waals surface area contributed by atoms with Crippen LogP contribution in [0.15, 0.2) is 41.6 Å². The molecule has 0 aromatic heterocycles. The molecule has 1 spiro atoms. The molecule has 2 saturated heterocycles. The molecule has 1 aliphatic carbocycles. The Bertz CT molecular complexity index is 1450. The van der Waals surface area contributed by atoms with Crippen LogP contribution in [0.3, 0.4) is 0 Å². The Balaban J connectivity index is 1.44. The number of piperidine rings is 1. The first-order valence-electron chi connectivity index (χ1n) is 14.3. The minimum absolute atomic E-state index is 0.0204. The summed E-state index contributed by atoms with van der Waals surface area (Å²) in [6, 6.07) is 9.30. The molecular weight excluding hydrogens is 540 g/mol. The maximum atomic E-state index is 13.7. The fourth-order valence-electron chi connectivity index (χ4n) is 8.17. The van der Waals surface area contributed by atoms with Crippen LogP contribution in [0.5, 0.6) is 23.0 Å². The van der Waals surface area contributed by atoms with Crippen molar-refractivity contribution in [2.45, 2.75) is 50.2 Å². The van der Waals surface area contributed by atoms with Gasteiger partial charge in [-0.05, 0) is 69.5 Å². The van der Waals surface area contributed by atoms with Gasteiger partial charge in [-0.15, -0.1) is 0 Å². The van der Waals surface area contributed by atoms with Crippen molar-refractivity contribution >= 4 is 17.6 Å². The van der Waals surface area contributed by atoms with Gasteiger partial charge in [-0.3, -0.25) is 4.90 Å². The smallest absolute Gasteiger partial charge is 0.338 e. The number of methoxy groups -OCH3 is 5. The number of carbonyl (C=O) groups excluding carboxylic acids is 2. The summed E-state index contributed by atoms with van der Waals surface area (Å²) in [6.07, 6.45) is 2.49. The van der Waals surface area contributed by atoms with Crippen LogP contribution in [0, 0.1) is 5.41 Å². The second-order valence-corrected chi connectivity index (χ2v) is 11.5. The molecule has 0 saturated carbocycles. The Morgan fingerprint density at radius 3 is 2.31 bits per heavy atom. The number of rotatable bonds is 8. The van der Waals surface area contributed by atoms with Crippen molar-refractivity contribution in [2.24, 2.45) is 5.41 Å². The molecule has 2 fully saturated rings. The first kappa shape index (κ1) is 28.2. The van der Waals surface area contributed by atoms with E-state index in [0.29, 0.717) is 34.8 Å². The van der Waals surface area contributed by atoms with Gasteiger partial charge in [0, 0.05) is 28.9 Å². The lowest BCUT2D eigenvalue weighted by atomic mass is 9.53. The maximum Gasteiger partial charge on any atom is 0.338 e. The first-order valence-corrected chi connectivity index (χ1v) is 14.3. The zero-order valence-corrected chi connectivity index (χ0v) is 25.0. The Hall–Kier alpha value is -3.92. The van der Waals surface area contributed by atoms with E-state index in [2.05, 4.69) is 16.3 Å². The molecular formula is C32H38N2O8. The van der Waals surface area contributed by atoms with Gasteiger partial charge < -0.3 is 33.7 Å². The van der Waals surface area contributed by atoms with Gasteiger partial charge >= 0.3 is 11.9 Å². The highest BCUT2D eigenvalue weighted by molar-refractivity contribution is 5.94. The molecule has 0 bridgehead atoms. The number of hydrogen-bond donors (Lipinski definition) is 1. The standard InChI is InChI=1S/C32H38N2O8/c1-18(42-28(35)19-14-24(38-3)26(40-5)25(15-19)39-4)31-10-7-12-34-13-11-32(30(31)34)22-9-8-20(37-2)16-23(22)33-27(32)21(17-31)29(36)41-6/h8-9,14-16,18,30,33H,7,10-13,17H2,1-6H3/t18-,30-,31-,32-/m1/s1. The monoisotopic (exact) mass is 578 g/mol. The Morgan fingerprint density at radius 1 is 0.929 bits per heavy atom. The number of fused-ring (bicyclic) bond motifs is 1. The summed E-state index contributed by atoms with van der Waals surface area (Å²) >= 11 is 0. The lowest BCUT2D eigenvalue weighted by molar-refractivity contribution is -0.138. The third-order valence-corrected chi connectivity index (χ3v) is 9.90. The van der Waals surface area contributed by atoms with Crippen LogP contribution in [0.1, 0.15) is 48.5 Å². The molecule has 0 amide bonds. The summed E-state index contributed by atoms with van der Waals surface area (Å²) in [7, 11) is 7.60. The summed E-state index contributed by atoms with van der Waals surface area (Å²) in [4.78, 5) is 29.7. The Kier molecular flexibility index (Phi) is 7.00. The van der Waals surface area contributed by atoms with Gasteiger partial charge in [-0.2, -0.15) is 0 Å². The number of esters is 2. The molecule has 4 atom stereocenters. The van der Waals surface area contributed by atoms with Crippen LogP contribution in [-0.2, 0) is 19.7 Å². The molecule has 224 valence electrons. The number of nitrogens with zero attached hydrogens (tertiary/aromatic N) is 1. The van der Waals surface area contributed by atoms with E-state index in [1.54, 1.807) is 19.2 Å². The SMILES string of the molecule is COC(=O)C1=C2Nc3cc(OC)ccc3[C@]23CCN2CCC[C@]([C@@H](C)OC(=O)c4cc(OC)c(OC)c(OC)c4)(C1)[C@@H]23. The molecule has 10 nitrogen and oxygen atoms in total. The summed E-state index contributed by atoms with van der Waals surface area (Å²) < 4.78 is 33.6. The Labute approximate surface area is 245 Å². The second kappa shape index (κ2) is 10.4. The van der Waals surface area contributed by atoms with E-state index in [1.807, 2.05) is 19.1 Å². The largest absolute Gasteiger partial charge is 0.497 e. The van der Waals surface area contributed by atoms with Crippen molar-refractivity contribution in [3.8, 4) is 23.0 Å². The lowest BCUT2D eigenvalue weighted by Crippen LogP contribution is -2.64. The lowest BCUT2D eigenvalue weighted by Gasteiger charge is -2.57. The highest BCUT2D eigenvalue weighted by atomic mass is 16.5. The van der Waals surface area contributed by atoms with E-state index in [1.165, 1.54) is 28.4 Å². The molecule has 2 aromatic carbocycles. The molecule has 4 aliphatic rings. The van der Waals surface area contributed by atoms with Gasteiger partial charge in [0.2, 0.25) is 5.75 Å². The molecule has 0 unspecified atom stereocenters. The highest BCUT2D eigenvalue weighted by Crippen LogP contribution is 2.66. The number of carbonyl (C=O) groups is 2. The molecule has 2 aromatic rings. The van der Waals surface area contributed by atoms with Crippen LogP contribution in [0.25, 0.3) is 0 Å². The van der Waals surface area contributed by atoms with Crippen molar-refractivity contribution < 1.29 is 38.0 Å². The Morgan fingerprint density at radius 2 is 1.67 bits per heavy atom. The fourth-order valence-corrected chi connectivity index (χ4v) is 8.17. The molecule has 42 heavy (non-hydrogen) atoms. The van der Waals surface area contributed by atoms with Gasteiger partial charge in [0.25, 0.3) is 0 Å². The van der Waals surface area contributed by atoms with Gasteiger partial charge in [-0.1, -0.05) is 6.07 Å². The van der Waals surface area contributed by atoms with Crippen molar-refractivity contribution in [1.29, 1.82) is 0 Å². The molecule has 3 aliphatic heterocycles. The van der Waals surface area contributed by atoms with E-state index in [9.17, 15) is 9.59 Å². The van der Waals surface area contributed by atoms with Crippen LogP contribution in [-0.4, -0.2) is 77.6 Å². The van der Waals surface area contributed by atoms with Crippen LogP contribution >= 0.6 is 0 Å². The van der Waals surface area contributed by atoms with Crippen LogP contribution in [0.4, 0.5) is 5.69 Å². The van der Waals surface area contributed by atoms with E-state index in [4.69, 9.17) is 28.4 Å². The molecule has 0 radical (unpaired) electrons. The van der Waals surface area contributed by atoms with Crippen molar-refractivity contribution in [3.05, 3.63) is 52.7 Å². The quantitative estimate of drug-likeness (QED) is 0.456. The third-order valence-electron chi connectivity index (χ3n) is 9.90. The number of ether oxygens (including phenoxy) is 6. The normalized spacial score (nSPS) is 26.3. The molecule has 3 heterocycles. The number of hydrogen-bond acceptors (Lipinski definition) is 10. The van der Waals surface area contributed by atoms with E-state index >= 15 is 0 Å². The van der Waals surface area contributed by atoms with Gasteiger partial charge in [-0.25, -0.2) is 9.59 Å². The van der Waals surface area contributed by atoms with E-state index < -0.39 is 22.9 Å². The minimum atomic E-state index is -0.526. The predicted molar refractivity (Wildman–Crippen MR) is 155 cm³/mol. The van der Waals surface area contributed by atoms with Gasteiger partial charge in [0.15, 0.2) is 11.5 Å². The molecule has 6 rings (SSSR count). The first-order chi connectivity index (χ1) is 20.3. The third kappa shape index (κ3) is 3.87. The minimum Gasteiger partial charge on any atom is -0.497 e. The average molecular weight is 579 g/mol. The van der Waals surface area contributed by atoms with E-state index in [-0.39, 0.29) is 12.0 Å². The maximum absolute atomic E-state index is 13.7. The predicted octanol–water partition coefficient (Wildman–Crippen LogP) is 4.32. The van der Waals surface area contributed by atoms with Gasteiger partial charge in [0.05, 0.1) is 52.1 Å². The van der Waals surface area contributed by atoms with Gasteiger partial charge in [0.1, 0.15) is 11.9 Å². The zero-order chi connectivity index (χ0) is 29.8. The molecule has 1 N–H and O–H groups in total. The van der Waals surface area contributed by atoms with Crippen LogP contribution < -0.4 is 24.3 Å². The zero-order valence-electron chi connectivity index (χ0n) is 25.0. The summed E-state index contributed by atoms with van der Waals surface area (Å²) in [5.41, 5.74) is 2.91. The molecule has 10 heteroatoms.